The monoisotopic (exact) mass is 734 g/mol. The first-order chi connectivity index (χ1) is 25.6. The summed E-state index contributed by atoms with van der Waals surface area (Å²) < 4.78 is 46.7. The van der Waals surface area contributed by atoms with Crippen LogP contribution in [0.2, 0.25) is 0 Å². The van der Waals surface area contributed by atoms with Crippen molar-refractivity contribution in [1.82, 2.24) is 20.4 Å². The zero-order chi connectivity index (χ0) is 37.6. The Morgan fingerprint density at radius 2 is 1.74 bits per heavy atom. The van der Waals surface area contributed by atoms with Crippen LogP contribution >= 0.6 is 0 Å². The highest BCUT2D eigenvalue weighted by molar-refractivity contribution is 6.03. The molecule has 3 aliphatic heterocycles. The number of rotatable bonds is 11. The Morgan fingerprint density at radius 3 is 2.42 bits per heavy atom. The average Bonchev–Trinajstić information content (AvgIpc) is 3.90. The van der Waals surface area contributed by atoms with Gasteiger partial charge in [0, 0.05) is 43.8 Å². The van der Waals surface area contributed by atoms with Crippen LogP contribution in [0.25, 0.3) is 5.57 Å². The average molecular weight is 735 g/mol. The minimum absolute atomic E-state index is 0.0107. The number of fused-ring (bicyclic) bond motifs is 2. The number of aliphatic hydroxyl groups excluding tert-OH is 1. The molecule has 4 aliphatic rings. The molecule has 4 N–H and O–H groups in total. The van der Waals surface area contributed by atoms with E-state index in [2.05, 4.69) is 29.7 Å². The lowest BCUT2D eigenvalue weighted by Crippen LogP contribution is -2.63. The highest BCUT2D eigenvalue weighted by Gasteiger charge is 2.44. The van der Waals surface area contributed by atoms with Crippen LogP contribution in [0.3, 0.4) is 0 Å². The first-order valence-electron chi connectivity index (χ1n) is 18.1. The first kappa shape index (κ1) is 38.0. The molecule has 2 bridgehead atoms. The number of aryl methyl sites for hydroxylation is 2. The molecular weight excluding hydrogens is 689 g/mol. The summed E-state index contributed by atoms with van der Waals surface area (Å²) in [6.45, 7) is 3.61. The molecule has 0 aromatic heterocycles. The highest BCUT2D eigenvalue weighted by atomic mass is 19.2. The zero-order valence-corrected chi connectivity index (χ0v) is 29.6. The van der Waals surface area contributed by atoms with Crippen LogP contribution in [0, 0.1) is 24.4 Å². The predicted molar refractivity (Wildman–Crippen MR) is 191 cm³/mol. The van der Waals surface area contributed by atoms with Gasteiger partial charge in [0.25, 0.3) is 12.4 Å². The maximum Gasteiger partial charge on any atom is 0.290 e. The zero-order valence-electron chi connectivity index (χ0n) is 29.6. The van der Waals surface area contributed by atoms with Crippen LogP contribution in [-0.4, -0.2) is 94.8 Å². The number of carbonyl (C=O) groups is 3. The molecule has 1 saturated carbocycles. The smallest absolute Gasteiger partial charge is 0.290 e. The number of β-amino-alcohol motifs (C(OH)–C–C–N with tert-alkyl or cyclic N) is 1. The summed E-state index contributed by atoms with van der Waals surface area (Å²) in [5.41, 5.74) is 5.85. The van der Waals surface area contributed by atoms with Gasteiger partial charge in [-0.15, -0.1) is 0 Å². The fourth-order valence-corrected chi connectivity index (χ4v) is 7.52. The lowest BCUT2D eigenvalue weighted by molar-refractivity contribution is -0.136. The van der Waals surface area contributed by atoms with Crippen molar-refractivity contribution in [2.24, 2.45) is 0 Å². The molecule has 3 aromatic carbocycles. The first-order valence-corrected chi connectivity index (χ1v) is 18.1. The molecule has 53 heavy (non-hydrogen) atoms. The van der Waals surface area contributed by atoms with Crippen molar-refractivity contribution in [1.29, 1.82) is 0 Å². The number of ether oxygens (including phenoxy) is 1. The highest BCUT2D eigenvalue weighted by Crippen LogP contribution is 2.38. The number of halogens is 3. The number of hydrogen-bond acceptors (Lipinski definition) is 7. The van der Waals surface area contributed by atoms with E-state index in [4.69, 9.17) is 14.6 Å². The lowest BCUT2D eigenvalue weighted by atomic mass is 9.82. The largest absolute Gasteiger partial charge is 0.488 e. The number of carboxylic acid groups (broad SMARTS) is 1. The lowest BCUT2D eigenvalue weighted by Gasteiger charge is -2.45. The van der Waals surface area contributed by atoms with Gasteiger partial charge in [-0.1, -0.05) is 48.5 Å². The number of benzene rings is 3. The van der Waals surface area contributed by atoms with Gasteiger partial charge in [0.1, 0.15) is 0 Å². The molecule has 7 rings (SSSR count). The normalized spacial score (nSPS) is 22.2. The van der Waals surface area contributed by atoms with Crippen LogP contribution in [0.1, 0.15) is 54.4 Å². The summed E-state index contributed by atoms with van der Waals surface area (Å²) in [5.74, 6) is -4.20. The van der Waals surface area contributed by atoms with Crippen LogP contribution in [-0.2, 0) is 27.3 Å². The Balaban J connectivity index is 0.00000155. The number of carbonyl (C=O) groups excluding carboxylic acids is 2. The molecule has 3 heterocycles. The fraction of sp³-hybridized carbons (Fsp3) is 0.425. The Bertz CT molecular complexity index is 1840. The number of nitrogens with zero attached hydrogens (tertiary/aromatic N) is 2. The number of hydrogen-bond donors (Lipinski definition) is 4. The minimum Gasteiger partial charge on any atom is -0.488 e. The third-order valence-corrected chi connectivity index (χ3v) is 10.4. The van der Waals surface area contributed by atoms with Gasteiger partial charge in [0.15, 0.2) is 17.4 Å². The van der Waals surface area contributed by atoms with E-state index in [0.29, 0.717) is 57.4 Å². The summed E-state index contributed by atoms with van der Waals surface area (Å²) >= 11 is 0. The molecule has 282 valence electrons. The van der Waals surface area contributed by atoms with Crippen molar-refractivity contribution in [2.45, 2.75) is 82.3 Å². The van der Waals surface area contributed by atoms with Gasteiger partial charge in [0.05, 0.1) is 24.8 Å². The van der Waals surface area contributed by atoms with E-state index in [1.54, 1.807) is 0 Å². The van der Waals surface area contributed by atoms with Crippen molar-refractivity contribution in [3.05, 3.63) is 106 Å². The Labute approximate surface area is 306 Å². The standard InChI is InChI=1S/C39H43F3N4O4.CH2O2/c1-23-5-2-3-7-26(23)20-46(28-12-13-28)39(49)35-30(17-27-21-45(22-34(35)44-27)38(48)33-18-29(47)19-43-33)25-10-8-24(9-11-25)6-4-16-50-37-32(41)15-14-31(40)36(37)42;2-1-3/h2-3,5,7-11,14-15,27-29,33-34,43-44,47H,4,6,12-13,16-22H2,1H3;1H,(H,2,3)/t27-,29-,33?,34-;/m1./s1. The molecule has 3 aromatic rings. The van der Waals surface area contributed by atoms with Crippen molar-refractivity contribution in [3.8, 4) is 5.75 Å². The van der Waals surface area contributed by atoms with Crippen LogP contribution < -0.4 is 15.4 Å². The molecule has 0 spiro atoms. The van der Waals surface area contributed by atoms with E-state index in [1.807, 2.05) is 46.2 Å². The topological polar surface area (TPSA) is 131 Å². The van der Waals surface area contributed by atoms with Gasteiger partial charge >= 0.3 is 0 Å². The van der Waals surface area contributed by atoms with Gasteiger partial charge in [0.2, 0.25) is 11.7 Å². The Hall–Kier alpha value is -4.72. The molecule has 13 heteroatoms. The fourth-order valence-electron chi connectivity index (χ4n) is 7.52. The van der Waals surface area contributed by atoms with Crippen molar-refractivity contribution in [2.75, 3.05) is 26.2 Å². The maximum absolute atomic E-state index is 14.8. The number of amides is 2. The van der Waals surface area contributed by atoms with E-state index in [9.17, 15) is 27.9 Å². The van der Waals surface area contributed by atoms with Crippen LogP contribution in [0.5, 0.6) is 5.75 Å². The van der Waals surface area contributed by atoms with Crippen molar-refractivity contribution in [3.63, 3.8) is 0 Å². The van der Waals surface area contributed by atoms with E-state index >= 15 is 0 Å². The molecular formula is C40H45F3N4O6. The number of piperazine rings is 1. The second kappa shape index (κ2) is 17.0. The molecule has 1 aliphatic carbocycles. The van der Waals surface area contributed by atoms with Gasteiger partial charge < -0.3 is 35.4 Å². The predicted octanol–water partition coefficient (Wildman–Crippen LogP) is 4.37. The summed E-state index contributed by atoms with van der Waals surface area (Å²) in [6, 6.07) is 17.1. The second-order valence-corrected chi connectivity index (χ2v) is 14.1. The SMILES string of the molecule is Cc1ccccc1CN(C(=O)C1=C(c2ccc(CCCOc3c(F)ccc(F)c3F)cc2)C[C@@H]2CN(C(=O)C3C[C@@H](O)CN3)C[C@H]1N2)C1CC1.O=CO. The molecule has 3 fully saturated rings. The quantitative estimate of drug-likeness (QED) is 0.130. The number of aliphatic hydroxyl groups is 1. The third-order valence-electron chi connectivity index (χ3n) is 10.4. The van der Waals surface area contributed by atoms with E-state index in [1.165, 1.54) is 0 Å². The molecule has 10 nitrogen and oxygen atoms in total. The summed E-state index contributed by atoms with van der Waals surface area (Å²) in [7, 11) is 0. The van der Waals surface area contributed by atoms with E-state index in [0.717, 1.165) is 52.8 Å². The molecule has 1 unspecified atom stereocenters. The van der Waals surface area contributed by atoms with Gasteiger partial charge in [-0.25, -0.2) is 8.78 Å². The minimum atomic E-state index is -1.33. The molecule has 4 atom stereocenters. The van der Waals surface area contributed by atoms with Crippen molar-refractivity contribution >= 4 is 23.9 Å². The molecule has 2 saturated heterocycles. The number of nitrogens with one attached hydrogen (secondary N) is 2. The van der Waals surface area contributed by atoms with Gasteiger partial charge in [-0.3, -0.25) is 14.4 Å². The summed E-state index contributed by atoms with van der Waals surface area (Å²) in [6.07, 6.45) is 3.36. The maximum atomic E-state index is 14.8. The summed E-state index contributed by atoms with van der Waals surface area (Å²) in [4.78, 5) is 40.5. The Morgan fingerprint density at radius 1 is 1.02 bits per heavy atom. The second-order valence-electron chi connectivity index (χ2n) is 14.1. The van der Waals surface area contributed by atoms with Crippen LogP contribution in [0.15, 0.2) is 66.2 Å². The van der Waals surface area contributed by atoms with Crippen LogP contribution in [0.4, 0.5) is 13.2 Å². The van der Waals surface area contributed by atoms with Gasteiger partial charge in [-0.05, 0) is 85.4 Å². The summed E-state index contributed by atoms with van der Waals surface area (Å²) in [5, 5.41) is 23.8. The third kappa shape index (κ3) is 8.91. The van der Waals surface area contributed by atoms with E-state index < -0.39 is 35.3 Å². The van der Waals surface area contributed by atoms with Gasteiger partial charge in [-0.2, -0.15) is 4.39 Å². The molecule has 2 amide bonds. The Kier molecular flexibility index (Phi) is 12.2. The van der Waals surface area contributed by atoms with Crippen molar-refractivity contribution < 1.29 is 42.5 Å². The molecule has 0 radical (unpaired) electrons. The van der Waals surface area contributed by atoms with E-state index in [-0.39, 0.29) is 43.0 Å².